The number of nitrogens with zero attached hydrogens (tertiary/aromatic N) is 2. The number of nitrogens with two attached hydrogens (primary N) is 1. The highest BCUT2D eigenvalue weighted by Gasteiger charge is 2.19. The summed E-state index contributed by atoms with van der Waals surface area (Å²) >= 11 is 0. The van der Waals surface area contributed by atoms with Crippen molar-refractivity contribution >= 4 is 33.7 Å². The number of amides is 1. The van der Waals surface area contributed by atoms with Gasteiger partial charge in [0.25, 0.3) is 0 Å². The van der Waals surface area contributed by atoms with Gasteiger partial charge in [0.15, 0.2) is 6.61 Å². The first kappa shape index (κ1) is 20.0. The van der Waals surface area contributed by atoms with Gasteiger partial charge in [-0.05, 0) is 48.4 Å². The Morgan fingerprint density at radius 2 is 1.74 bits per heavy atom. The Labute approximate surface area is 177 Å². The molecule has 4 aromatic rings. The zero-order valence-corrected chi connectivity index (χ0v) is 16.5. The number of ether oxygens (including phenoxy) is 1. The fraction of sp³-hybridized carbons (Fsp3) is 0.125. The molecule has 0 radical (unpaired) electrons. The molecule has 1 heterocycles. The average molecular weight is 413 g/mol. The number of aryl methyl sites for hydroxylation is 2. The van der Waals surface area contributed by atoms with E-state index in [1.165, 1.54) is 0 Å². The molecular formula is C24H19N3O4. The highest BCUT2D eigenvalue weighted by molar-refractivity contribution is 6.19. The first-order valence-corrected chi connectivity index (χ1v) is 9.67. The molecule has 0 unspecified atom stereocenters. The van der Waals surface area contributed by atoms with Gasteiger partial charge in [0.1, 0.15) is 5.75 Å². The topological polar surface area (TPSA) is 118 Å². The Hall–Kier alpha value is -4.31. The van der Waals surface area contributed by atoms with Gasteiger partial charge in [-0.25, -0.2) is 4.79 Å². The minimum Gasteiger partial charge on any atom is -0.481 e. The van der Waals surface area contributed by atoms with E-state index in [-0.39, 0.29) is 0 Å². The fourth-order valence-electron chi connectivity index (χ4n) is 3.90. The van der Waals surface area contributed by atoms with Crippen molar-refractivity contribution in [1.29, 1.82) is 5.26 Å². The van der Waals surface area contributed by atoms with E-state index in [9.17, 15) is 9.59 Å². The number of hydrogen-bond donors (Lipinski definition) is 2. The molecule has 1 aromatic heterocycles. The van der Waals surface area contributed by atoms with E-state index in [1.807, 2.05) is 30.3 Å². The molecule has 0 aliphatic heterocycles. The molecule has 0 saturated heterocycles. The second-order valence-electron chi connectivity index (χ2n) is 7.11. The Morgan fingerprint density at radius 3 is 2.45 bits per heavy atom. The first-order valence-electron chi connectivity index (χ1n) is 9.67. The summed E-state index contributed by atoms with van der Waals surface area (Å²) in [7, 11) is 0. The molecule has 0 fully saturated rings. The smallest absolute Gasteiger partial charge is 0.341 e. The lowest BCUT2D eigenvalue weighted by Gasteiger charge is -2.09. The Bertz CT molecular complexity index is 1360. The van der Waals surface area contributed by atoms with Crippen LogP contribution in [0, 0.1) is 11.3 Å². The van der Waals surface area contributed by atoms with Crippen LogP contribution in [0.4, 0.5) is 0 Å². The molecule has 154 valence electrons. The lowest BCUT2D eigenvalue weighted by atomic mass is 10.1. The SMILES string of the molecule is N#Cc1cccc(CCn2c3cccc(OCC(=O)O)c3c3c(C(N)=O)cccc32)c1. The summed E-state index contributed by atoms with van der Waals surface area (Å²) in [5.41, 5.74) is 9.20. The summed E-state index contributed by atoms with van der Waals surface area (Å²) in [6.07, 6.45) is 0.662. The number of rotatable bonds is 7. The summed E-state index contributed by atoms with van der Waals surface area (Å²) < 4.78 is 7.59. The van der Waals surface area contributed by atoms with Crippen LogP contribution in [-0.4, -0.2) is 28.2 Å². The Morgan fingerprint density at radius 1 is 1.03 bits per heavy atom. The standard InChI is InChI=1S/C24H19N3O4/c25-13-16-5-1-4-15(12-16)10-11-27-18-7-2-6-17(24(26)30)22(18)23-19(27)8-3-9-20(23)31-14-21(28)29/h1-9,12H,10-11,14H2,(H2,26,30)(H,28,29). The third-order valence-electron chi connectivity index (χ3n) is 5.18. The molecule has 3 aromatic carbocycles. The molecule has 0 saturated carbocycles. The van der Waals surface area contributed by atoms with Crippen molar-refractivity contribution in [1.82, 2.24) is 4.57 Å². The summed E-state index contributed by atoms with van der Waals surface area (Å²) in [4.78, 5) is 23.2. The number of aliphatic carboxylic acids is 1. The van der Waals surface area contributed by atoms with Gasteiger partial charge in [0.2, 0.25) is 5.91 Å². The van der Waals surface area contributed by atoms with Crippen LogP contribution in [0.1, 0.15) is 21.5 Å². The van der Waals surface area contributed by atoms with Crippen molar-refractivity contribution in [2.45, 2.75) is 13.0 Å². The van der Waals surface area contributed by atoms with Gasteiger partial charge in [-0.3, -0.25) is 4.79 Å². The quantitative estimate of drug-likeness (QED) is 0.481. The van der Waals surface area contributed by atoms with Crippen LogP contribution in [0.3, 0.4) is 0 Å². The van der Waals surface area contributed by atoms with Crippen molar-refractivity contribution < 1.29 is 19.4 Å². The number of carbonyl (C=O) groups excluding carboxylic acids is 1. The van der Waals surface area contributed by atoms with Gasteiger partial charge in [0, 0.05) is 17.5 Å². The van der Waals surface area contributed by atoms with Crippen molar-refractivity contribution in [3.05, 3.63) is 77.4 Å². The van der Waals surface area contributed by atoms with Crippen LogP contribution < -0.4 is 10.5 Å². The summed E-state index contributed by atoms with van der Waals surface area (Å²) in [6.45, 7) is 0.0883. The Kier molecular flexibility index (Phi) is 5.29. The third kappa shape index (κ3) is 3.79. The normalized spacial score (nSPS) is 10.8. The summed E-state index contributed by atoms with van der Waals surface area (Å²) in [6, 6.07) is 20.3. The van der Waals surface area contributed by atoms with E-state index in [1.54, 1.807) is 30.3 Å². The van der Waals surface area contributed by atoms with Crippen LogP contribution in [0.2, 0.25) is 0 Å². The number of primary amides is 1. The van der Waals surface area contributed by atoms with Crippen LogP contribution in [0.15, 0.2) is 60.7 Å². The van der Waals surface area contributed by atoms with Gasteiger partial charge in [-0.2, -0.15) is 5.26 Å². The Balaban J connectivity index is 1.88. The van der Waals surface area contributed by atoms with Gasteiger partial charge in [-0.1, -0.05) is 24.3 Å². The fourth-order valence-corrected chi connectivity index (χ4v) is 3.90. The summed E-state index contributed by atoms with van der Waals surface area (Å²) in [5, 5.41) is 19.5. The molecule has 0 aliphatic carbocycles. The monoisotopic (exact) mass is 413 g/mol. The number of carboxylic acid groups (broad SMARTS) is 1. The maximum absolute atomic E-state index is 12.1. The average Bonchev–Trinajstić information content (AvgIpc) is 3.10. The van der Waals surface area contributed by atoms with Crippen molar-refractivity contribution in [3.63, 3.8) is 0 Å². The number of carbonyl (C=O) groups is 2. The minimum absolute atomic E-state index is 0.346. The van der Waals surface area contributed by atoms with Gasteiger partial charge < -0.3 is 20.1 Å². The predicted octanol–water partition coefficient (Wildman–Crippen LogP) is 3.47. The number of fused-ring (bicyclic) bond motifs is 3. The van der Waals surface area contributed by atoms with Crippen LogP contribution in [0.25, 0.3) is 21.8 Å². The molecule has 7 heteroatoms. The molecule has 7 nitrogen and oxygen atoms in total. The maximum atomic E-state index is 12.1. The molecule has 0 spiro atoms. The number of nitriles is 1. The second-order valence-corrected chi connectivity index (χ2v) is 7.11. The lowest BCUT2D eigenvalue weighted by Crippen LogP contribution is -2.11. The minimum atomic E-state index is -1.09. The van der Waals surface area contributed by atoms with E-state index < -0.39 is 18.5 Å². The zero-order valence-electron chi connectivity index (χ0n) is 16.5. The van der Waals surface area contributed by atoms with Crippen LogP contribution in [-0.2, 0) is 17.8 Å². The number of carboxylic acids is 1. The van der Waals surface area contributed by atoms with E-state index in [4.69, 9.17) is 20.8 Å². The number of benzene rings is 3. The summed E-state index contributed by atoms with van der Waals surface area (Å²) in [5.74, 6) is -1.28. The van der Waals surface area contributed by atoms with Crippen molar-refractivity contribution in [2.24, 2.45) is 5.73 Å². The lowest BCUT2D eigenvalue weighted by molar-refractivity contribution is -0.139. The van der Waals surface area contributed by atoms with Crippen LogP contribution in [0.5, 0.6) is 5.75 Å². The molecule has 0 aliphatic rings. The maximum Gasteiger partial charge on any atom is 0.341 e. The van der Waals surface area contributed by atoms with Crippen LogP contribution >= 0.6 is 0 Å². The number of aromatic nitrogens is 1. The highest BCUT2D eigenvalue weighted by Crippen LogP contribution is 2.37. The highest BCUT2D eigenvalue weighted by atomic mass is 16.5. The largest absolute Gasteiger partial charge is 0.481 e. The predicted molar refractivity (Wildman–Crippen MR) is 116 cm³/mol. The molecule has 31 heavy (non-hydrogen) atoms. The first-order chi connectivity index (χ1) is 15.0. The molecule has 3 N–H and O–H groups in total. The van der Waals surface area contributed by atoms with Crippen molar-refractivity contribution in [3.8, 4) is 11.8 Å². The molecule has 4 rings (SSSR count). The zero-order chi connectivity index (χ0) is 22.0. The molecule has 1 amide bonds. The van der Waals surface area contributed by atoms with Gasteiger partial charge >= 0.3 is 5.97 Å². The van der Waals surface area contributed by atoms with E-state index in [2.05, 4.69) is 10.6 Å². The molecule has 0 bridgehead atoms. The van der Waals surface area contributed by atoms with Gasteiger partial charge in [0.05, 0.1) is 28.1 Å². The van der Waals surface area contributed by atoms with Gasteiger partial charge in [-0.15, -0.1) is 0 Å². The van der Waals surface area contributed by atoms with E-state index in [0.717, 1.165) is 16.6 Å². The van der Waals surface area contributed by atoms with E-state index >= 15 is 0 Å². The second kappa shape index (κ2) is 8.20. The number of hydrogen-bond acceptors (Lipinski definition) is 4. The molecule has 0 atom stereocenters. The molecular weight excluding hydrogens is 394 g/mol. The van der Waals surface area contributed by atoms with Crippen molar-refractivity contribution in [2.75, 3.05) is 6.61 Å². The third-order valence-corrected chi connectivity index (χ3v) is 5.18. The van der Waals surface area contributed by atoms with E-state index in [0.29, 0.717) is 40.6 Å².